The van der Waals surface area contributed by atoms with Gasteiger partial charge < -0.3 is 4.90 Å². The molecule has 1 saturated heterocycles. The minimum Gasteiger partial charge on any atom is -0.319 e. The molecule has 1 heterocycles. The highest BCUT2D eigenvalue weighted by Crippen LogP contribution is 2.28. The molecule has 0 radical (unpaired) electrons. The molecule has 3 nitrogen and oxygen atoms in total. The third-order valence-corrected chi connectivity index (χ3v) is 3.61. The molecular weight excluding hydrogens is 224 g/mol. The van der Waals surface area contributed by atoms with Gasteiger partial charge in [-0.1, -0.05) is 43.7 Å². The van der Waals surface area contributed by atoms with Crippen molar-refractivity contribution in [2.24, 2.45) is 0 Å². The van der Waals surface area contributed by atoms with Crippen LogP contribution in [0.25, 0.3) is 0 Å². The second kappa shape index (κ2) is 5.53. The Bertz CT molecular complexity index is 404. The van der Waals surface area contributed by atoms with Crippen LogP contribution in [0.5, 0.6) is 0 Å². The molecule has 0 spiro atoms. The average molecular weight is 246 g/mol. The van der Waals surface area contributed by atoms with E-state index in [0.717, 1.165) is 18.4 Å². The van der Waals surface area contributed by atoms with Gasteiger partial charge in [0.25, 0.3) is 0 Å². The van der Waals surface area contributed by atoms with Crippen LogP contribution in [-0.2, 0) is 4.79 Å². The lowest BCUT2D eigenvalue weighted by Gasteiger charge is -2.30. The summed E-state index contributed by atoms with van der Waals surface area (Å²) in [4.78, 5) is 14.3. The fraction of sp³-hybridized carbons (Fsp3) is 0.533. The predicted molar refractivity (Wildman–Crippen MR) is 73.0 cm³/mol. The number of hydrogen-bond acceptors (Lipinski definition) is 2. The summed E-state index contributed by atoms with van der Waals surface area (Å²) in [5, 5.41) is 3.39. The molecule has 1 fully saturated rings. The van der Waals surface area contributed by atoms with Crippen LogP contribution in [0, 0.1) is 0 Å². The number of carbonyl (C=O) groups is 1. The van der Waals surface area contributed by atoms with E-state index in [1.807, 2.05) is 30.0 Å². The Balaban J connectivity index is 2.25. The molecule has 0 bridgehead atoms. The van der Waals surface area contributed by atoms with Crippen molar-refractivity contribution in [3.8, 4) is 0 Å². The van der Waals surface area contributed by atoms with Crippen LogP contribution in [0.3, 0.4) is 0 Å². The van der Waals surface area contributed by atoms with Gasteiger partial charge in [0, 0.05) is 6.04 Å². The van der Waals surface area contributed by atoms with Crippen molar-refractivity contribution in [3.05, 3.63) is 35.9 Å². The standard InChI is InChI=1S/C15H22N2O/c1-4-8-11(2)17-14(16-12(3)15(17)18)13-9-6-5-7-10-13/h5-7,9-12,14,16H,4,8H2,1-3H3. The largest absolute Gasteiger partial charge is 0.319 e. The van der Waals surface area contributed by atoms with Gasteiger partial charge in [0.1, 0.15) is 6.17 Å². The summed E-state index contributed by atoms with van der Waals surface area (Å²) in [7, 11) is 0. The highest BCUT2D eigenvalue weighted by atomic mass is 16.2. The smallest absolute Gasteiger partial charge is 0.241 e. The van der Waals surface area contributed by atoms with Crippen LogP contribution in [0.2, 0.25) is 0 Å². The van der Waals surface area contributed by atoms with E-state index in [9.17, 15) is 4.79 Å². The molecule has 0 saturated carbocycles. The van der Waals surface area contributed by atoms with E-state index < -0.39 is 0 Å². The fourth-order valence-electron chi connectivity index (χ4n) is 2.66. The Morgan fingerprint density at radius 3 is 2.61 bits per heavy atom. The molecule has 1 aliphatic rings. The van der Waals surface area contributed by atoms with Gasteiger partial charge in [-0.25, -0.2) is 0 Å². The van der Waals surface area contributed by atoms with Crippen molar-refractivity contribution in [3.63, 3.8) is 0 Å². The maximum absolute atomic E-state index is 12.3. The molecular formula is C15H22N2O. The number of benzene rings is 1. The molecule has 1 N–H and O–H groups in total. The highest BCUT2D eigenvalue weighted by Gasteiger charge is 2.39. The maximum Gasteiger partial charge on any atom is 0.241 e. The van der Waals surface area contributed by atoms with Gasteiger partial charge in [0.05, 0.1) is 6.04 Å². The Morgan fingerprint density at radius 2 is 2.00 bits per heavy atom. The SMILES string of the molecule is CCCC(C)N1C(=O)C(C)NC1c1ccccc1. The van der Waals surface area contributed by atoms with Gasteiger partial charge >= 0.3 is 0 Å². The number of hydrogen-bond donors (Lipinski definition) is 1. The molecule has 98 valence electrons. The Morgan fingerprint density at radius 1 is 1.33 bits per heavy atom. The van der Waals surface area contributed by atoms with Crippen LogP contribution in [-0.4, -0.2) is 22.9 Å². The first kappa shape index (κ1) is 13.1. The maximum atomic E-state index is 12.3. The first-order chi connectivity index (χ1) is 8.65. The number of nitrogens with zero attached hydrogens (tertiary/aromatic N) is 1. The first-order valence-corrected chi connectivity index (χ1v) is 6.78. The van der Waals surface area contributed by atoms with Gasteiger partial charge in [-0.3, -0.25) is 10.1 Å². The summed E-state index contributed by atoms with van der Waals surface area (Å²) in [5.41, 5.74) is 1.16. The summed E-state index contributed by atoms with van der Waals surface area (Å²) < 4.78 is 0. The molecule has 3 unspecified atom stereocenters. The van der Waals surface area contributed by atoms with E-state index in [4.69, 9.17) is 0 Å². The van der Waals surface area contributed by atoms with Gasteiger partial charge in [0.15, 0.2) is 0 Å². The summed E-state index contributed by atoms with van der Waals surface area (Å²) in [6.07, 6.45) is 2.17. The Hall–Kier alpha value is -1.35. The summed E-state index contributed by atoms with van der Waals surface area (Å²) in [6, 6.07) is 10.4. The van der Waals surface area contributed by atoms with Crippen LogP contribution in [0.1, 0.15) is 45.3 Å². The van der Waals surface area contributed by atoms with Crippen molar-refractivity contribution in [1.29, 1.82) is 0 Å². The van der Waals surface area contributed by atoms with E-state index in [0.29, 0.717) is 0 Å². The third kappa shape index (κ3) is 2.41. The second-order valence-corrected chi connectivity index (χ2v) is 5.08. The Labute approximate surface area is 109 Å². The molecule has 1 aromatic carbocycles. The summed E-state index contributed by atoms with van der Waals surface area (Å²) >= 11 is 0. The monoisotopic (exact) mass is 246 g/mol. The molecule has 3 heteroatoms. The number of nitrogens with one attached hydrogen (secondary N) is 1. The molecule has 1 amide bonds. The van der Waals surface area contributed by atoms with Crippen molar-refractivity contribution in [2.75, 3.05) is 0 Å². The van der Waals surface area contributed by atoms with Gasteiger partial charge in [-0.15, -0.1) is 0 Å². The van der Waals surface area contributed by atoms with E-state index >= 15 is 0 Å². The van der Waals surface area contributed by atoms with Gasteiger partial charge in [-0.05, 0) is 25.8 Å². The lowest BCUT2D eigenvalue weighted by molar-refractivity contribution is -0.131. The van der Waals surface area contributed by atoms with Crippen LogP contribution >= 0.6 is 0 Å². The van der Waals surface area contributed by atoms with Crippen LogP contribution in [0.15, 0.2) is 30.3 Å². The molecule has 2 rings (SSSR count). The quantitative estimate of drug-likeness (QED) is 0.886. The molecule has 18 heavy (non-hydrogen) atoms. The molecule has 3 atom stereocenters. The third-order valence-electron chi connectivity index (χ3n) is 3.61. The van der Waals surface area contributed by atoms with Gasteiger partial charge in [0.2, 0.25) is 5.91 Å². The van der Waals surface area contributed by atoms with Crippen molar-refractivity contribution in [1.82, 2.24) is 10.2 Å². The zero-order chi connectivity index (χ0) is 13.1. The van der Waals surface area contributed by atoms with E-state index in [1.54, 1.807) is 0 Å². The number of carbonyl (C=O) groups excluding carboxylic acids is 1. The zero-order valence-electron chi connectivity index (χ0n) is 11.4. The van der Waals surface area contributed by atoms with Crippen LogP contribution in [0.4, 0.5) is 0 Å². The lowest BCUT2D eigenvalue weighted by atomic mass is 10.1. The molecule has 0 aromatic heterocycles. The minimum absolute atomic E-state index is 0.0234. The first-order valence-electron chi connectivity index (χ1n) is 6.78. The highest BCUT2D eigenvalue weighted by molar-refractivity contribution is 5.84. The van der Waals surface area contributed by atoms with E-state index in [1.165, 1.54) is 0 Å². The predicted octanol–water partition coefficient (Wildman–Crippen LogP) is 2.69. The van der Waals surface area contributed by atoms with Crippen molar-refractivity contribution in [2.45, 2.75) is 51.9 Å². The topological polar surface area (TPSA) is 32.3 Å². The Kier molecular flexibility index (Phi) is 4.02. The van der Waals surface area contributed by atoms with E-state index in [2.05, 4.69) is 31.3 Å². The van der Waals surface area contributed by atoms with Crippen molar-refractivity contribution >= 4 is 5.91 Å². The lowest BCUT2D eigenvalue weighted by Crippen LogP contribution is -2.38. The summed E-state index contributed by atoms with van der Waals surface area (Å²) in [5.74, 6) is 0.213. The second-order valence-electron chi connectivity index (χ2n) is 5.08. The van der Waals surface area contributed by atoms with Crippen LogP contribution < -0.4 is 5.32 Å². The number of rotatable bonds is 4. The molecule has 0 aliphatic carbocycles. The normalized spacial score (nSPS) is 25.5. The van der Waals surface area contributed by atoms with E-state index in [-0.39, 0.29) is 24.2 Å². The fourth-order valence-corrected chi connectivity index (χ4v) is 2.66. The molecule has 1 aromatic rings. The zero-order valence-corrected chi connectivity index (χ0v) is 11.4. The van der Waals surface area contributed by atoms with Crippen molar-refractivity contribution < 1.29 is 4.79 Å². The molecule has 1 aliphatic heterocycles. The van der Waals surface area contributed by atoms with Gasteiger partial charge in [-0.2, -0.15) is 0 Å². The minimum atomic E-state index is -0.0884. The number of amides is 1. The summed E-state index contributed by atoms with van der Waals surface area (Å²) in [6.45, 7) is 6.24. The average Bonchev–Trinajstić information content (AvgIpc) is 2.67.